The number of pyridine rings is 1. The third-order valence-electron chi connectivity index (χ3n) is 4.08. The van der Waals surface area contributed by atoms with E-state index in [1.165, 1.54) is 15.9 Å². The fourth-order valence-electron chi connectivity index (χ4n) is 2.80. The highest BCUT2D eigenvalue weighted by Crippen LogP contribution is 2.28. The van der Waals surface area contributed by atoms with E-state index < -0.39 is 5.76 Å². The molecule has 0 unspecified atom stereocenters. The molecule has 29 heavy (non-hydrogen) atoms. The van der Waals surface area contributed by atoms with E-state index in [0.29, 0.717) is 22.8 Å². The summed E-state index contributed by atoms with van der Waals surface area (Å²) in [5.41, 5.74) is 2.98. The van der Waals surface area contributed by atoms with Crippen LogP contribution in [-0.4, -0.2) is 31.2 Å². The number of alkyl halides is 2. The summed E-state index contributed by atoms with van der Waals surface area (Å²) in [6.07, 6.45) is 3.39. The van der Waals surface area contributed by atoms with Crippen molar-refractivity contribution in [2.75, 3.05) is 0 Å². The van der Waals surface area contributed by atoms with Gasteiger partial charge in [0.05, 0.1) is 23.3 Å². The summed E-state index contributed by atoms with van der Waals surface area (Å²) in [6.45, 7) is 0.163. The fourth-order valence-corrected chi connectivity index (χ4v) is 4.14. The number of imidazole rings is 1. The summed E-state index contributed by atoms with van der Waals surface area (Å²) in [5, 5.41) is 5.58. The zero-order valence-corrected chi connectivity index (χ0v) is 16.6. The molecule has 10 heteroatoms. The number of halogens is 2. The molecule has 0 fully saturated rings. The predicted octanol–water partition coefficient (Wildman–Crippen LogP) is 4.19. The van der Waals surface area contributed by atoms with Crippen molar-refractivity contribution in [3.63, 3.8) is 0 Å². The van der Waals surface area contributed by atoms with Gasteiger partial charge in [-0.25, -0.2) is 9.97 Å². The van der Waals surface area contributed by atoms with Crippen molar-refractivity contribution in [1.29, 1.82) is 0 Å². The van der Waals surface area contributed by atoms with Gasteiger partial charge in [0.2, 0.25) is 5.91 Å². The normalized spacial score (nSPS) is 11.3. The smallest absolute Gasteiger partial charge is 0.291 e. The number of aromatic nitrogens is 4. The molecule has 1 N–H and O–H groups in total. The van der Waals surface area contributed by atoms with E-state index >= 15 is 0 Å². The quantitative estimate of drug-likeness (QED) is 0.444. The van der Waals surface area contributed by atoms with E-state index in [1.54, 1.807) is 36.7 Å². The van der Waals surface area contributed by atoms with E-state index in [1.807, 2.05) is 17.5 Å². The number of thioether (sulfide) groups is 1. The molecule has 4 rings (SSSR count). The number of rotatable bonds is 7. The van der Waals surface area contributed by atoms with Crippen molar-refractivity contribution < 1.29 is 13.6 Å². The third kappa shape index (κ3) is 4.60. The molecular weight excluding hydrogens is 416 g/mol. The molecule has 6 nitrogen and oxygen atoms in total. The Hall–Kier alpha value is -2.85. The minimum absolute atomic E-state index is 0.0991. The summed E-state index contributed by atoms with van der Waals surface area (Å²) in [5.74, 6) is -2.92. The lowest BCUT2D eigenvalue weighted by atomic mass is 10.2. The van der Waals surface area contributed by atoms with Crippen molar-refractivity contribution in [2.24, 2.45) is 0 Å². The Labute approximate surface area is 173 Å². The van der Waals surface area contributed by atoms with Crippen LogP contribution in [0.15, 0.2) is 59.3 Å². The first-order valence-corrected chi connectivity index (χ1v) is 10.4. The van der Waals surface area contributed by atoms with Crippen molar-refractivity contribution in [3.8, 4) is 11.3 Å². The van der Waals surface area contributed by atoms with E-state index in [2.05, 4.69) is 20.3 Å². The van der Waals surface area contributed by atoms with Crippen LogP contribution in [-0.2, 0) is 17.9 Å². The Bertz CT molecular complexity index is 1130. The topological polar surface area (TPSA) is 72.7 Å². The van der Waals surface area contributed by atoms with Gasteiger partial charge in [0.15, 0.2) is 5.16 Å². The van der Waals surface area contributed by atoms with Crippen molar-refractivity contribution in [2.45, 2.75) is 24.0 Å². The first-order chi connectivity index (χ1) is 14.1. The highest BCUT2D eigenvalue weighted by Gasteiger charge is 2.18. The van der Waals surface area contributed by atoms with Crippen LogP contribution >= 0.6 is 23.1 Å². The van der Waals surface area contributed by atoms with Gasteiger partial charge in [0, 0.05) is 23.3 Å². The second-order valence-electron chi connectivity index (χ2n) is 5.99. The number of carbonyl (C=O) groups is 1. The van der Waals surface area contributed by atoms with Gasteiger partial charge < -0.3 is 9.88 Å². The third-order valence-corrected chi connectivity index (χ3v) is 5.63. The number of carbonyl (C=O) groups excluding carboxylic acids is 1. The van der Waals surface area contributed by atoms with Crippen molar-refractivity contribution in [3.05, 3.63) is 59.2 Å². The summed E-state index contributed by atoms with van der Waals surface area (Å²) < 4.78 is 27.3. The Balaban J connectivity index is 1.45. The Morgan fingerprint density at radius 1 is 1.17 bits per heavy atom. The average Bonchev–Trinajstić information content (AvgIpc) is 3.32. The van der Waals surface area contributed by atoms with Gasteiger partial charge in [0.25, 0.3) is 5.76 Å². The molecule has 1 aromatic carbocycles. The molecule has 3 aromatic heterocycles. The second kappa shape index (κ2) is 8.66. The molecule has 0 atom stereocenters. The molecule has 0 saturated heterocycles. The Morgan fingerprint density at radius 3 is 2.76 bits per heavy atom. The standard InChI is InChI=1S/C19H15F2N5OS2/c20-18(21)29-19-25-13-3-1-2-4-15(13)26(19)10-16(27)23-9-17-24-14(11-28-17)12-5-7-22-8-6-12/h1-8,11,18H,9-10H2,(H,23,27). The number of fused-ring (bicyclic) bond motifs is 1. The maximum absolute atomic E-state index is 12.9. The zero-order valence-electron chi connectivity index (χ0n) is 15.0. The largest absolute Gasteiger partial charge is 0.348 e. The van der Waals surface area contributed by atoms with Crippen LogP contribution in [0.3, 0.4) is 0 Å². The van der Waals surface area contributed by atoms with Crippen LogP contribution in [0, 0.1) is 0 Å². The molecule has 0 spiro atoms. The van der Waals surface area contributed by atoms with Gasteiger partial charge in [-0.15, -0.1) is 11.3 Å². The lowest BCUT2D eigenvalue weighted by Gasteiger charge is -2.09. The highest BCUT2D eigenvalue weighted by molar-refractivity contribution is 7.99. The number of benzene rings is 1. The monoisotopic (exact) mass is 431 g/mol. The number of hydrogen-bond donors (Lipinski definition) is 1. The van der Waals surface area contributed by atoms with Crippen LogP contribution in [0.4, 0.5) is 8.78 Å². The summed E-state index contributed by atoms with van der Waals surface area (Å²) in [6, 6.07) is 10.8. The molecule has 0 aliphatic heterocycles. The van der Waals surface area contributed by atoms with Crippen LogP contribution in [0.1, 0.15) is 5.01 Å². The first kappa shape index (κ1) is 19.5. The SMILES string of the molecule is O=C(Cn1c(SC(F)F)nc2ccccc21)NCc1nc(-c2ccncc2)cs1. The molecule has 0 aliphatic carbocycles. The van der Waals surface area contributed by atoms with Crippen LogP contribution in [0.5, 0.6) is 0 Å². The van der Waals surface area contributed by atoms with Crippen molar-refractivity contribution in [1.82, 2.24) is 24.8 Å². The fraction of sp³-hybridized carbons (Fsp3) is 0.158. The van der Waals surface area contributed by atoms with Crippen LogP contribution in [0.25, 0.3) is 22.3 Å². The van der Waals surface area contributed by atoms with Gasteiger partial charge in [-0.1, -0.05) is 12.1 Å². The molecule has 4 aromatic rings. The highest BCUT2D eigenvalue weighted by atomic mass is 32.2. The van der Waals surface area contributed by atoms with Crippen LogP contribution < -0.4 is 5.32 Å². The minimum Gasteiger partial charge on any atom is -0.348 e. The molecule has 148 valence electrons. The molecular formula is C19H15F2N5OS2. The number of thiazole rings is 1. The second-order valence-corrected chi connectivity index (χ2v) is 7.89. The maximum atomic E-state index is 12.9. The van der Waals surface area contributed by atoms with E-state index in [0.717, 1.165) is 16.3 Å². The Morgan fingerprint density at radius 2 is 1.97 bits per heavy atom. The number of nitrogens with one attached hydrogen (secondary N) is 1. The van der Waals surface area contributed by atoms with Crippen LogP contribution in [0.2, 0.25) is 0 Å². The number of amides is 1. The summed E-state index contributed by atoms with van der Waals surface area (Å²) in [7, 11) is 0. The number of hydrogen-bond acceptors (Lipinski definition) is 6. The Kier molecular flexibility index (Phi) is 5.81. The zero-order chi connectivity index (χ0) is 20.2. The lowest BCUT2D eigenvalue weighted by molar-refractivity contribution is -0.121. The van der Waals surface area contributed by atoms with E-state index in [9.17, 15) is 13.6 Å². The number of para-hydroxylation sites is 2. The van der Waals surface area contributed by atoms with Gasteiger partial charge in [-0.2, -0.15) is 8.78 Å². The predicted molar refractivity (Wildman–Crippen MR) is 109 cm³/mol. The van der Waals surface area contributed by atoms with Gasteiger partial charge in [0.1, 0.15) is 11.6 Å². The minimum atomic E-state index is -2.62. The molecule has 0 aliphatic rings. The lowest BCUT2D eigenvalue weighted by Crippen LogP contribution is -2.27. The van der Waals surface area contributed by atoms with E-state index in [4.69, 9.17) is 0 Å². The molecule has 3 heterocycles. The maximum Gasteiger partial charge on any atom is 0.291 e. The van der Waals surface area contributed by atoms with E-state index in [-0.39, 0.29) is 24.2 Å². The summed E-state index contributed by atoms with van der Waals surface area (Å²) in [4.78, 5) is 25.2. The average molecular weight is 431 g/mol. The first-order valence-electron chi connectivity index (χ1n) is 8.62. The molecule has 0 radical (unpaired) electrons. The van der Waals surface area contributed by atoms with Crippen molar-refractivity contribution >= 4 is 40.0 Å². The van der Waals surface area contributed by atoms with Gasteiger partial charge in [-0.3, -0.25) is 9.78 Å². The number of nitrogens with zero attached hydrogens (tertiary/aromatic N) is 4. The molecule has 1 amide bonds. The van der Waals surface area contributed by atoms with Gasteiger partial charge >= 0.3 is 0 Å². The molecule has 0 bridgehead atoms. The summed E-state index contributed by atoms with van der Waals surface area (Å²) >= 11 is 1.77. The molecule has 0 saturated carbocycles. The van der Waals surface area contributed by atoms with Gasteiger partial charge in [-0.05, 0) is 36.0 Å².